The molecule has 1 unspecified atom stereocenters. The normalized spacial score (nSPS) is 11.8. The van der Waals surface area contributed by atoms with Crippen molar-refractivity contribution in [2.75, 3.05) is 7.05 Å². The zero-order valence-electron chi connectivity index (χ0n) is 15.3. The van der Waals surface area contributed by atoms with Crippen molar-refractivity contribution in [3.05, 3.63) is 77.9 Å². The molecule has 0 bridgehead atoms. The highest BCUT2D eigenvalue weighted by Gasteiger charge is 2.14. The predicted octanol–water partition coefficient (Wildman–Crippen LogP) is 3.48. The van der Waals surface area contributed by atoms with E-state index < -0.39 is 0 Å². The first-order chi connectivity index (χ1) is 12.5. The number of hydrogen-bond acceptors (Lipinski definition) is 3. The Balaban J connectivity index is 1.60. The van der Waals surface area contributed by atoms with Gasteiger partial charge >= 0.3 is 6.03 Å². The second-order valence-electron chi connectivity index (χ2n) is 6.39. The molecule has 0 saturated heterocycles. The Kier molecular flexibility index (Phi) is 5.31. The summed E-state index contributed by atoms with van der Waals surface area (Å²) in [5, 5.41) is 7.15. The third-order valence-electron chi connectivity index (χ3n) is 4.43. The predicted molar refractivity (Wildman–Crippen MR) is 101 cm³/mol. The number of carbonyl (C=O) groups excluding carboxylic acids is 1. The zero-order chi connectivity index (χ0) is 18.5. The van der Waals surface area contributed by atoms with Gasteiger partial charge in [-0.3, -0.25) is 0 Å². The lowest BCUT2D eigenvalue weighted by Crippen LogP contribution is -2.38. The van der Waals surface area contributed by atoms with Crippen LogP contribution in [0.3, 0.4) is 0 Å². The molecule has 1 heterocycles. The summed E-state index contributed by atoms with van der Waals surface area (Å²) in [5.41, 5.74) is 4.30. The first kappa shape index (κ1) is 17.7. The van der Waals surface area contributed by atoms with Gasteiger partial charge in [0.15, 0.2) is 0 Å². The summed E-state index contributed by atoms with van der Waals surface area (Å²) in [6.07, 6.45) is 3.15. The summed E-state index contributed by atoms with van der Waals surface area (Å²) in [6.45, 7) is 4.61. The summed E-state index contributed by atoms with van der Waals surface area (Å²) in [4.78, 5) is 18.1. The van der Waals surface area contributed by atoms with Gasteiger partial charge in [-0.25, -0.2) is 14.5 Å². The van der Waals surface area contributed by atoms with Crippen LogP contribution in [0.25, 0.3) is 5.69 Å². The lowest BCUT2D eigenvalue weighted by molar-refractivity contribution is 0.203. The fraction of sp³-hybridized carbons (Fsp3) is 0.250. The maximum atomic E-state index is 12.5. The number of hydrogen-bond donors (Lipinski definition) is 1. The van der Waals surface area contributed by atoms with E-state index in [0.29, 0.717) is 6.54 Å². The third-order valence-corrected chi connectivity index (χ3v) is 4.43. The largest absolute Gasteiger partial charge is 0.331 e. The second kappa shape index (κ2) is 7.82. The summed E-state index contributed by atoms with van der Waals surface area (Å²) >= 11 is 0. The summed E-state index contributed by atoms with van der Waals surface area (Å²) in [7, 11) is 1.81. The first-order valence-electron chi connectivity index (χ1n) is 8.55. The highest BCUT2D eigenvalue weighted by atomic mass is 16.2. The third kappa shape index (κ3) is 4.08. The molecule has 0 spiro atoms. The lowest BCUT2D eigenvalue weighted by atomic mass is 10.1. The van der Waals surface area contributed by atoms with E-state index in [0.717, 1.165) is 16.8 Å². The van der Waals surface area contributed by atoms with E-state index in [1.807, 2.05) is 56.4 Å². The Morgan fingerprint density at radius 3 is 2.58 bits per heavy atom. The van der Waals surface area contributed by atoms with Crippen LogP contribution in [0, 0.1) is 6.92 Å². The van der Waals surface area contributed by atoms with E-state index >= 15 is 0 Å². The Labute approximate surface area is 153 Å². The zero-order valence-corrected chi connectivity index (χ0v) is 15.3. The summed E-state index contributed by atoms with van der Waals surface area (Å²) in [6, 6.07) is 15.8. The maximum absolute atomic E-state index is 12.5. The van der Waals surface area contributed by atoms with Crippen LogP contribution >= 0.6 is 0 Å². The van der Waals surface area contributed by atoms with Gasteiger partial charge in [-0.15, -0.1) is 0 Å². The van der Waals surface area contributed by atoms with Gasteiger partial charge in [-0.05, 0) is 42.7 Å². The number of nitrogens with one attached hydrogen (secondary N) is 1. The first-order valence-corrected chi connectivity index (χ1v) is 8.55. The van der Waals surface area contributed by atoms with Crippen molar-refractivity contribution in [2.24, 2.45) is 0 Å². The van der Waals surface area contributed by atoms with Gasteiger partial charge in [0, 0.05) is 13.6 Å². The fourth-order valence-electron chi connectivity index (χ4n) is 2.75. The molecular weight excluding hydrogens is 326 g/mol. The number of aryl methyl sites for hydroxylation is 1. The van der Waals surface area contributed by atoms with E-state index in [1.165, 1.54) is 11.9 Å². The van der Waals surface area contributed by atoms with Crippen molar-refractivity contribution in [1.82, 2.24) is 25.0 Å². The van der Waals surface area contributed by atoms with Gasteiger partial charge in [0.25, 0.3) is 0 Å². The van der Waals surface area contributed by atoms with Gasteiger partial charge in [0.05, 0.1) is 11.7 Å². The smallest absolute Gasteiger partial charge is 0.317 e. The molecule has 3 aromatic rings. The SMILES string of the molecule is Cc1ccccc1CN(C)C(=O)NC(C)c1ccc(-n2cncn2)cc1. The van der Waals surface area contributed by atoms with E-state index in [4.69, 9.17) is 0 Å². The number of nitrogens with zero attached hydrogens (tertiary/aromatic N) is 4. The molecule has 6 heteroatoms. The maximum Gasteiger partial charge on any atom is 0.317 e. The van der Waals surface area contributed by atoms with Crippen LogP contribution < -0.4 is 5.32 Å². The van der Waals surface area contributed by atoms with Crippen LogP contribution in [-0.4, -0.2) is 32.7 Å². The molecule has 6 nitrogen and oxygen atoms in total. The Morgan fingerprint density at radius 2 is 1.92 bits per heavy atom. The molecule has 134 valence electrons. The fourth-order valence-corrected chi connectivity index (χ4v) is 2.75. The number of amides is 2. The molecule has 2 aromatic carbocycles. The van der Waals surface area contributed by atoms with Gasteiger partial charge in [-0.2, -0.15) is 5.10 Å². The molecule has 0 aliphatic carbocycles. The molecule has 1 atom stereocenters. The van der Waals surface area contributed by atoms with Gasteiger partial charge in [0.2, 0.25) is 0 Å². The minimum atomic E-state index is -0.0962. The molecule has 0 aliphatic heterocycles. The molecule has 1 N–H and O–H groups in total. The average Bonchev–Trinajstić information content (AvgIpc) is 3.18. The number of rotatable bonds is 5. The lowest BCUT2D eigenvalue weighted by Gasteiger charge is -2.22. The minimum Gasteiger partial charge on any atom is -0.331 e. The number of urea groups is 1. The molecule has 0 saturated carbocycles. The standard InChI is InChI=1S/C20H23N5O/c1-15-6-4-5-7-18(15)12-24(3)20(26)23-16(2)17-8-10-19(11-9-17)25-14-21-13-22-25/h4-11,13-14,16H,12H2,1-3H3,(H,23,26). The van der Waals surface area contributed by atoms with Crippen LogP contribution in [0.1, 0.15) is 29.7 Å². The Hall–Kier alpha value is -3.15. The van der Waals surface area contributed by atoms with Crippen molar-refractivity contribution in [1.29, 1.82) is 0 Å². The highest BCUT2D eigenvalue weighted by molar-refractivity contribution is 5.74. The molecule has 0 fully saturated rings. The van der Waals surface area contributed by atoms with Crippen molar-refractivity contribution in [3.8, 4) is 5.69 Å². The molecule has 26 heavy (non-hydrogen) atoms. The van der Waals surface area contributed by atoms with Gasteiger partial charge < -0.3 is 10.2 Å². The van der Waals surface area contributed by atoms with Gasteiger partial charge in [0.1, 0.15) is 12.7 Å². The molecular formula is C20H23N5O. The molecule has 2 amide bonds. The van der Waals surface area contributed by atoms with Crippen molar-refractivity contribution in [3.63, 3.8) is 0 Å². The van der Waals surface area contributed by atoms with Crippen molar-refractivity contribution in [2.45, 2.75) is 26.4 Å². The van der Waals surface area contributed by atoms with Gasteiger partial charge in [-0.1, -0.05) is 36.4 Å². The minimum absolute atomic E-state index is 0.0911. The van der Waals surface area contributed by atoms with Crippen LogP contribution in [0.4, 0.5) is 4.79 Å². The number of carbonyl (C=O) groups is 1. The monoisotopic (exact) mass is 349 g/mol. The molecule has 3 rings (SSSR count). The Morgan fingerprint density at radius 1 is 1.19 bits per heavy atom. The van der Waals surface area contributed by atoms with Crippen molar-refractivity contribution >= 4 is 6.03 Å². The van der Waals surface area contributed by atoms with Crippen LogP contribution in [-0.2, 0) is 6.54 Å². The van der Waals surface area contributed by atoms with Crippen molar-refractivity contribution < 1.29 is 4.79 Å². The average molecular weight is 349 g/mol. The summed E-state index contributed by atoms with van der Waals surface area (Å²) < 4.78 is 1.70. The van der Waals surface area contributed by atoms with E-state index in [2.05, 4.69) is 28.4 Å². The van der Waals surface area contributed by atoms with Crippen LogP contribution in [0.5, 0.6) is 0 Å². The topological polar surface area (TPSA) is 63.1 Å². The number of benzene rings is 2. The number of aromatic nitrogens is 3. The van der Waals surface area contributed by atoms with E-state index in [-0.39, 0.29) is 12.1 Å². The van der Waals surface area contributed by atoms with E-state index in [1.54, 1.807) is 15.9 Å². The van der Waals surface area contributed by atoms with Crippen LogP contribution in [0.2, 0.25) is 0 Å². The quantitative estimate of drug-likeness (QED) is 0.767. The van der Waals surface area contributed by atoms with Crippen LogP contribution in [0.15, 0.2) is 61.2 Å². The summed E-state index contributed by atoms with van der Waals surface area (Å²) in [5.74, 6) is 0. The molecule has 1 aromatic heterocycles. The molecule has 0 aliphatic rings. The highest BCUT2D eigenvalue weighted by Crippen LogP contribution is 2.16. The Bertz CT molecular complexity index is 858. The second-order valence-corrected chi connectivity index (χ2v) is 6.39. The van der Waals surface area contributed by atoms with E-state index in [9.17, 15) is 4.79 Å². The molecule has 0 radical (unpaired) electrons.